The molecule has 0 aliphatic carbocycles. The molecule has 0 radical (unpaired) electrons. The highest BCUT2D eigenvalue weighted by Gasteiger charge is 2.16. The molecular formula is C21H18N8. The third-order valence-corrected chi connectivity index (χ3v) is 4.76. The van der Waals surface area contributed by atoms with Crippen molar-refractivity contribution in [3.05, 3.63) is 61.4 Å². The molecule has 0 bridgehead atoms. The first-order valence-corrected chi connectivity index (χ1v) is 9.32. The van der Waals surface area contributed by atoms with Crippen molar-refractivity contribution in [1.82, 2.24) is 39.3 Å². The Morgan fingerprint density at radius 3 is 2.62 bits per heavy atom. The molecule has 1 aromatic carbocycles. The van der Waals surface area contributed by atoms with Crippen LogP contribution in [0.3, 0.4) is 0 Å². The molecule has 0 N–H and O–H groups in total. The Kier molecular flexibility index (Phi) is 4.09. The van der Waals surface area contributed by atoms with Gasteiger partial charge in [0.1, 0.15) is 17.5 Å². The van der Waals surface area contributed by atoms with Gasteiger partial charge in [0.05, 0.1) is 17.7 Å². The van der Waals surface area contributed by atoms with E-state index in [1.54, 1.807) is 17.2 Å². The molecule has 8 nitrogen and oxygen atoms in total. The van der Waals surface area contributed by atoms with Crippen molar-refractivity contribution in [2.24, 2.45) is 7.05 Å². The molecule has 0 saturated carbocycles. The molecule has 0 aliphatic rings. The zero-order valence-corrected chi connectivity index (χ0v) is 16.1. The van der Waals surface area contributed by atoms with Crippen LogP contribution in [0.4, 0.5) is 0 Å². The maximum Gasteiger partial charge on any atom is 0.164 e. The van der Waals surface area contributed by atoms with Crippen LogP contribution in [-0.4, -0.2) is 39.3 Å². The molecule has 0 spiro atoms. The second-order valence-corrected chi connectivity index (χ2v) is 6.65. The standard InChI is InChI=1S/C21H18N8/c1-3-29-13-24-19-18(17-7-9-22-12-23-17)25-20(26-21(19)29)15-6-4-5-14(11-15)16-8-10-28(2)27-16/h4-13H,3H2,1-2H3. The minimum absolute atomic E-state index is 0.624. The lowest BCUT2D eigenvalue weighted by Crippen LogP contribution is -2.00. The molecule has 4 heterocycles. The van der Waals surface area contributed by atoms with Crippen molar-refractivity contribution < 1.29 is 0 Å². The van der Waals surface area contributed by atoms with Crippen molar-refractivity contribution in [3.63, 3.8) is 0 Å². The van der Waals surface area contributed by atoms with E-state index in [4.69, 9.17) is 9.97 Å². The summed E-state index contributed by atoms with van der Waals surface area (Å²) in [6.45, 7) is 2.83. The highest BCUT2D eigenvalue weighted by molar-refractivity contribution is 5.88. The normalized spacial score (nSPS) is 11.2. The van der Waals surface area contributed by atoms with E-state index in [1.807, 2.05) is 48.1 Å². The lowest BCUT2D eigenvalue weighted by molar-refractivity contribution is 0.771. The molecular weight excluding hydrogens is 364 g/mol. The number of fused-ring (bicyclic) bond motifs is 1. The topological polar surface area (TPSA) is 87.2 Å². The van der Waals surface area contributed by atoms with Crippen molar-refractivity contribution in [1.29, 1.82) is 0 Å². The van der Waals surface area contributed by atoms with Crippen molar-refractivity contribution >= 4 is 11.2 Å². The summed E-state index contributed by atoms with van der Waals surface area (Å²) in [4.78, 5) is 22.6. The summed E-state index contributed by atoms with van der Waals surface area (Å²) >= 11 is 0. The number of benzene rings is 1. The summed E-state index contributed by atoms with van der Waals surface area (Å²) in [7, 11) is 1.91. The zero-order valence-electron chi connectivity index (χ0n) is 16.1. The Morgan fingerprint density at radius 2 is 1.86 bits per heavy atom. The highest BCUT2D eigenvalue weighted by atomic mass is 15.2. The van der Waals surface area contributed by atoms with Crippen LogP contribution >= 0.6 is 0 Å². The Labute approximate surface area is 167 Å². The van der Waals surface area contributed by atoms with Crippen LogP contribution in [0.2, 0.25) is 0 Å². The number of imidazole rings is 1. The fourth-order valence-corrected chi connectivity index (χ4v) is 3.30. The number of hydrogen-bond acceptors (Lipinski definition) is 6. The van der Waals surface area contributed by atoms with E-state index in [0.29, 0.717) is 11.5 Å². The van der Waals surface area contributed by atoms with E-state index < -0.39 is 0 Å². The van der Waals surface area contributed by atoms with Gasteiger partial charge in [0.25, 0.3) is 0 Å². The van der Waals surface area contributed by atoms with Gasteiger partial charge in [0.2, 0.25) is 0 Å². The summed E-state index contributed by atoms with van der Waals surface area (Å²) in [5, 5.41) is 4.49. The first kappa shape index (κ1) is 17.2. The lowest BCUT2D eigenvalue weighted by Gasteiger charge is -2.08. The molecule has 0 aliphatic heterocycles. The molecule has 0 atom stereocenters. The molecule has 0 fully saturated rings. The minimum atomic E-state index is 0.624. The van der Waals surface area contributed by atoms with E-state index >= 15 is 0 Å². The number of rotatable bonds is 4. The average Bonchev–Trinajstić information content (AvgIpc) is 3.39. The number of aryl methyl sites for hydroxylation is 2. The van der Waals surface area contributed by atoms with Gasteiger partial charge in [-0.3, -0.25) is 4.68 Å². The number of hydrogen-bond donors (Lipinski definition) is 0. The van der Waals surface area contributed by atoms with Crippen LogP contribution < -0.4 is 0 Å². The van der Waals surface area contributed by atoms with E-state index in [0.717, 1.165) is 40.2 Å². The highest BCUT2D eigenvalue weighted by Crippen LogP contribution is 2.29. The molecule has 0 unspecified atom stereocenters. The molecule has 0 saturated heterocycles. The molecule has 5 aromatic rings. The van der Waals surface area contributed by atoms with Gasteiger partial charge in [-0.05, 0) is 25.1 Å². The third kappa shape index (κ3) is 3.04. The SMILES string of the molecule is CCn1cnc2c(-c3ccncn3)nc(-c3cccc(-c4ccn(C)n4)c3)nc21. The molecule has 4 aromatic heterocycles. The monoisotopic (exact) mass is 382 g/mol. The first-order chi connectivity index (χ1) is 14.2. The van der Waals surface area contributed by atoms with Crippen LogP contribution in [0, 0.1) is 0 Å². The number of nitrogens with zero attached hydrogens (tertiary/aromatic N) is 8. The van der Waals surface area contributed by atoms with E-state index in [1.165, 1.54) is 6.33 Å². The van der Waals surface area contributed by atoms with Crippen LogP contribution in [0.5, 0.6) is 0 Å². The Morgan fingerprint density at radius 1 is 0.966 bits per heavy atom. The fourth-order valence-electron chi connectivity index (χ4n) is 3.30. The van der Waals surface area contributed by atoms with Gasteiger partial charge >= 0.3 is 0 Å². The van der Waals surface area contributed by atoms with E-state index in [9.17, 15) is 0 Å². The van der Waals surface area contributed by atoms with Gasteiger partial charge < -0.3 is 4.57 Å². The predicted octanol–water partition coefficient (Wildman–Crippen LogP) is 3.37. The van der Waals surface area contributed by atoms with Gasteiger partial charge in [-0.25, -0.2) is 24.9 Å². The van der Waals surface area contributed by atoms with E-state index in [2.05, 4.69) is 33.0 Å². The Hall–Kier alpha value is -3.94. The van der Waals surface area contributed by atoms with Gasteiger partial charge in [-0.1, -0.05) is 18.2 Å². The van der Waals surface area contributed by atoms with Gasteiger partial charge in [-0.15, -0.1) is 0 Å². The van der Waals surface area contributed by atoms with Gasteiger partial charge in [0, 0.05) is 37.1 Å². The van der Waals surface area contributed by atoms with Crippen molar-refractivity contribution in [2.75, 3.05) is 0 Å². The summed E-state index contributed by atoms with van der Waals surface area (Å²) in [6, 6.07) is 11.9. The summed E-state index contributed by atoms with van der Waals surface area (Å²) in [5.41, 5.74) is 5.77. The quantitative estimate of drug-likeness (QED) is 0.474. The maximum absolute atomic E-state index is 4.83. The minimum Gasteiger partial charge on any atom is -0.315 e. The van der Waals surface area contributed by atoms with Crippen molar-refractivity contribution in [2.45, 2.75) is 13.5 Å². The predicted molar refractivity (Wildman–Crippen MR) is 110 cm³/mol. The van der Waals surface area contributed by atoms with Crippen LogP contribution in [-0.2, 0) is 13.6 Å². The molecule has 0 amide bonds. The fraction of sp³-hybridized carbons (Fsp3) is 0.143. The second-order valence-electron chi connectivity index (χ2n) is 6.65. The van der Waals surface area contributed by atoms with Crippen molar-refractivity contribution in [3.8, 4) is 34.0 Å². The lowest BCUT2D eigenvalue weighted by atomic mass is 10.1. The maximum atomic E-state index is 4.83. The zero-order chi connectivity index (χ0) is 19.8. The number of aromatic nitrogens is 8. The van der Waals surface area contributed by atoms with Crippen LogP contribution in [0.15, 0.2) is 61.4 Å². The van der Waals surface area contributed by atoms with Crippen LogP contribution in [0.1, 0.15) is 6.92 Å². The molecule has 142 valence electrons. The second kappa shape index (κ2) is 6.90. The molecule has 5 rings (SSSR count). The Balaban J connectivity index is 1.71. The summed E-state index contributed by atoms with van der Waals surface area (Å²) in [6.07, 6.45) is 6.94. The van der Waals surface area contributed by atoms with Gasteiger partial charge in [0.15, 0.2) is 11.5 Å². The first-order valence-electron chi connectivity index (χ1n) is 9.32. The largest absolute Gasteiger partial charge is 0.315 e. The third-order valence-electron chi connectivity index (χ3n) is 4.76. The summed E-state index contributed by atoms with van der Waals surface area (Å²) < 4.78 is 3.80. The smallest absolute Gasteiger partial charge is 0.164 e. The van der Waals surface area contributed by atoms with Crippen LogP contribution in [0.25, 0.3) is 45.2 Å². The Bertz CT molecular complexity index is 1300. The van der Waals surface area contributed by atoms with Gasteiger partial charge in [-0.2, -0.15) is 5.10 Å². The average molecular weight is 382 g/mol. The van der Waals surface area contributed by atoms with E-state index in [-0.39, 0.29) is 0 Å². The molecule has 8 heteroatoms. The molecule has 29 heavy (non-hydrogen) atoms. The summed E-state index contributed by atoms with van der Waals surface area (Å²) in [5.74, 6) is 0.624.